The van der Waals surface area contributed by atoms with Gasteiger partial charge in [0.15, 0.2) is 0 Å². The van der Waals surface area contributed by atoms with Crippen molar-refractivity contribution < 1.29 is 13.9 Å². The zero-order chi connectivity index (χ0) is 15.2. The molecule has 2 saturated heterocycles. The number of hydrogen-bond donors (Lipinski definition) is 2. The Labute approximate surface area is 131 Å². The number of urea groups is 1. The molecule has 0 bridgehead atoms. The lowest BCUT2D eigenvalue weighted by Crippen LogP contribution is -2.42. The van der Waals surface area contributed by atoms with Crippen LogP contribution in [0.2, 0.25) is 0 Å². The van der Waals surface area contributed by atoms with Gasteiger partial charge >= 0.3 is 6.03 Å². The predicted molar refractivity (Wildman–Crippen MR) is 82.6 cm³/mol. The van der Waals surface area contributed by atoms with Gasteiger partial charge in [0.2, 0.25) is 0 Å². The molecule has 6 heteroatoms. The second-order valence-electron chi connectivity index (χ2n) is 6.09. The Morgan fingerprint density at radius 2 is 2.23 bits per heavy atom. The van der Waals surface area contributed by atoms with Crippen molar-refractivity contribution in [2.24, 2.45) is 5.92 Å². The van der Waals surface area contributed by atoms with Crippen LogP contribution in [0.25, 0.3) is 0 Å². The molecule has 2 atom stereocenters. The second kappa shape index (κ2) is 7.65. The van der Waals surface area contributed by atoms with Crippen LogP contribution < -0.4 is 10.6 Å². The van der Waals surface area contributed by atoms with Crippen molar-refractivity contribution in [2.75, 3.05) is 39.4 Å². The third-order valence-corrected chi connectivity index (χ3v) is 4.48. The van der Waals surface area contributed by atoms with Crippen LogP contribution in [0.3, 0.4) is 0 Å². The van der Waals surface area contributed by atoms with Gasteiger partial charge < -0.3 is 19.8 Å². The highest BCUT2D eigenvalue weighted by atomic mass is 16.5. The molecule has 2 N–H and O–H groups in total. The number of amides is 2. The van der Waals surface area contributed by atoms with Gasteiger partial charge in [-0.1, -0.05) is 0 Å². The van der Waals surface area contributed by atoms with E-state index in [2.05, 4.69) is 15.5 Å². The van der Waals surface area contributed by atoms with Gasteiger partial charge in [-0.25, -0.2) is 4.79 Å². The summed E-state index contributed by atoms with van der Waals surface area (Å²) in [4.78, 5) is 14.4. The second-order valence-corrected chi connectivity index (χ2v) is 6.09. The smallest absolute Gasteiger partial charge is 0.314 e. The third-order valence-electron chi connectivity index (χ3n) is 4.48. The normalized spacial score (nSPS) is 23.5. The number of rotatable bonds is 6. The molecule has 1 aromatic heterocycles. The van der Waals surface area contributed by atoms with E-state index in [9.17, 15) is 4.79 Å². The maximum atomic E-state index is 12.0. The number of hydrogen-bond acceptors (Lipinski definition) is 4. The minimum absolute atomic E-state index is 0.109. The Kier molecular flexibility index (Phi) is 5.34. The van der Waals surface area contributed by atoms with Crippen LogP contribution in [-0.2, 0) is 4.74 Å². The van der Waals surface area contributed by atoms with E-state index in [0.717, 1.165) is 38.5 Å². The van der Waals surface area contributed by atoms with E-state index < -0.39 is 0 Å². The van der Waals surface area contributed by atoms with Crippen molar-refractivity contribution >= 4 is 6.03 Å². The Hall–Kier alpha value is -1.53. The molecule has 0 unspecified atom stereocenters. The van der Waals surface area contributed by atoms with Crippen LogP contribution in [0.15, 0.2) is 22.8 Å². The first-order valence-corrected chi connectivity index (χ1v) is 8.20. The first-order valence-electron chi connectivity index (χ1n) is 8.20. The average molecular weight is 307 g/mol. The number of furan rings is 1. The number of likely N-dealkylation sites (tertiary alicyclic amines) is 1. The third kappa shape index (κ3) is 4.01. The summed E-state index contributed by atoms with van der Waals surface area (Å²) in [6, 6.07) is 3.90. The van der Waals surface area contributed by atoms with E-state index in [4.69, 9.17) is 9.15 Å². The van der Waals surface area contributed by atoms with Crippen LogP contribution in [0, 0.1) is 5.92 Å². The lowest BCUT2D eigenvalue weighted by Gasteiger charge is -2.26. The number of nitrogens with zero attached hydrogens (tertiary/aromatic N) is 1. The summed E-state index contributed by atoms with van der Waals surface area (Å²) in [5, 5.41) is 5.92. The molecule has 0 spiro atoms. The number of ether oxygens (including phenoxy) is 1. The van der Waals surface area contributed by atoms with Gasteiger partial charge in [-0.05, 0) is 44.5 Å². The molecule has 0 aromatic carbocycles. The summed E-state index contributed by atoms with van der Waals surface area (Å²) in [6.07, 6.45) is 5.15. The molecule has 122 valence electrons. The van der Waals surface area contributed by atoms with Crippen LogP contribution in [0.1, 0.15) is 31.1 Å². The lowest BCUT2D eigenvalue weighted by molar-refractivity contribution is 0.184. The molecule has 2 aliphatic rings. The van der Waals surface area contributed by atoms with Gasteiger partial charge in [0, 0.05) is 25.6 Å². The minimum Gasteiger partial charge on any atom is -0.468 e. The van der Waals surface area contributed by atoms with E-state index >= 15 is 0 Å². The highest BCUT2D eigenvalue weighted by molar-refractivity contribution is 5.73. The van der Waals surface area contributed by atoms with E-state index in [1.165, 1.54) is 12.8 Å². The molecular formula is C16H25N3O3. The fourth-order valence-corrected chi connectivity index (χ4v) is 3.18. The summed E-state index contributed by atoms with van der Waals surface area (Å²) in [5.41, 5.74) is 0. The summed E-state index contributed by atoms with van der Waals surface area (Å²) in [5.74, 6) is 1.37. The lowest BCUT2D eigenvalue weighted by atomic mass is 10.1. The first-order chi connectivity index (χ1) is 10.8. The Morgan fingerprint density at radius 1 is 1.36 bits per heavy atom. The number of carbonyl (C=O) groups is 1. The van der Waals surface area contributed by atoms with Gasteiger partial charge in [-0.3, -0.25) is 4.90 Å². The van der Waals surface area contributed by atoms with Crippen molar-refractivity contribution in [1.82, 2.24) is 15.5 Å². The highest BCUT2D eigenvalue weighted by Gasteiger charge is 2.26. The number of carbonyl (C=O) groups excluding carboxylic acids is 1. The van der Waals surface area contributed by atoms with Crippen molar-refractivity contribution in [2.45, 2.75) is 25.3 Å². The van der Waals surface area contributed by atoms with Crippen LogP contribution in [0.4, 0.5) is 4.79 Å². The SMILES string of the molecule is O=C(NC[C@@H]1CCOC1)NC[C@@H](c1ccco1)N1CCCC1. The number of nitrogens with one attached hydrogen (secondary N) is 2. The van der Waals surface area contributed by atoms with Gasteiger partial charge in [0.1, 0.15) is 5.76 Å². The maximum Gasteiger partial charge on any atom is 0.314 e. The highest BCUT2D eigenvalue weighted by Crippen LogP contribution is 2.24. The van der Waals surface area contributed by atoms with Crippen molar-refractivity contribution in [3.63, 3.8) is 0 Å². The molecular weight excluding hydrogens is 282 g/mol. The summed E-state index contributed by atoms with van der Waals surface area (Å²) >= 11 is 0. The summed E-state index contributed by atoms with van der Waals surface area (Å²) in [7, 11) is 0. The van der Waals surface area contributed by atoms with Crippen LogP contribution in [0.5, 0.6) is 0 Å². The molecule has 0 radical (unpaired) electrons. The van der Waals surface area contributed by atoms with Crippen LogP contribution in [-0.4, -0.2) is 50.3 Å². The van der Waals surface area contributed by atoms with E-state index in [-0.39, 0.29) is 12.1 Å². The Balaban J connectivity index is 1.47. The van der Waals surface area contributed by atoms with E-state index in [1.807, 2.05) is 12.1 Å². The quantitative estimate of drug-likeness (QED) is 0.840. The largest absolute Gasteiger partial charge is 0.468 e. The maximum absolute atomic E-state index is 12.0. The molecule has 0 saturated carbocycles. The fourth-order valence-electron chi connectivity index (χ4n) is 3.18. The predicted octanol–water partition coefficient (Wildman–Crippen LogP) is 1.75. The van der Waals surface area contributed by atoms with Gasteiger partial charge in [-0.15, -0.1) is 0 Å². The van der Waals surface area contributed by atoms with E-state index in [0.29, 0.717) is 19.0 Å². The monoisotopic (exact) mass is 307 g/mol. The standard InChI is InChI=1S/C16H25N3O3/c20-16(17-10-13-5-9-21-12-13)18-11-14(15-4-3-8-22-15)19-6-1-2-7-19/h3-4,8,13-14H,1-2,5-7,9-12H2,(H2,17,18,20)/t13-,14-/m0/s1. The molecule has 2 aliphatic heterocycles. The molecule has 2 amide bonds. The van der Waals surface area contributed by atoms with Crippen molar-refractivity contribution in [3.8, 4) is 0 Å². The van der Waals surface area contributed by atoms with Gasteiger partial charge in [-0.2, -0.15) is 0 Å². The average Bonchev–Trinajstić information content (AvgIpc) is 3.27. The molecule has 2 fully saturated rings. The minimum atomic E-state index is -0.109. The molecule has 3 heterocycles. The Morgan fingerprint density at radius 3 is 2.91 bits per heavy atom. The van der Waals surface area contributed by atoms with E-state index in [1.54, 1.807) is 6.26 Å². The topological polar surface area (TPSA) is 66.7 Å². The molecule has 0 aliphatic carbocycles. The van der Waals surface area contributed by atoms with Crippen molar-refractivity contribution in [3.05, 3.63) is 24.2 Å². The molecule has 1 aromatic rings. The van der Waals surface area contributed by atoms with Gasteiger partial charge in [0.25, 0.3) is 0 Å². The Bertz CT molecular complexity index is 451. The first kappa shape index (κ1) is 15.4. The molecule has 22 heavy (non-hydrogen) atoms. The van der Waals surface area contributed by atoms with Gasteiger partial charge in [0.05, 0.1) is 18.9 Å². The molecule has 6 nitrogen and oxygen atoms in total. The molecule has 3 rings (SSSR count). The van der Waals surface area contributed by atoms with Crippen LogP contribution >= 0.6 is 0 Å². The zero-order valence-electron chi connectivity index (χ0n) is 12.9. The van der Waals surface area contributed by atoms with Crippen molar-refractivity contribution in [1.29, 1.82) is 0 Å². The fraction of sp³-hybridized carbons (Fsp3) is 0.688. The zero-order valence-corrected chi connectivity index (χ0v) is 12.9. The summed E-state index contributed by atoms with van der Waals surface area (Å²) in [6.45, 7) is 4.94. The summed E-state index contributed by atoms with van der Waals surface area (Å²) < 4.78 is 10.9.